The zero-order chi connectivity index (χ0) is 94.8. The molecule has 8 rings (SSSR count). The molecule has 6 radical (unpaired) electrons. The Hall–Kier alpha value is -8.19. The average Bonchev–Trinajstić information content (AvgIpc) is 0.809. The Morgan fingerprint density at radius 2 is 0.383 bits per heavy atom. The van der Waals surface area contributed by atoms with Gasteiger partial charge in [0, 0.05) is 74.2 Å². The first-order valence-electron chi connectivity index (χ1n) is 38.5. The van der Waals surface area contributed by atoms with Gasteiger partial charge in [0.15, 0.2) is 11.6 Å². The average molecular weight is 1990 g/mol. The zero-order valence-corrected chi connectivity index (χ0v) is 87.6. The maximum Gasteiger partial charge on any atom is 4.00 e. The predicted molar refractivity (Wildman–Crippen MR) is 445 cm³/mol. The molecule has 0 saturated heterocycles. The normalized spacial score (nSPS) is 10.5. The Morgan fingerprint density at radius 3 is 0.453 bits per heavy atom. The van der Waals surface area contributed by atoms with Crippen molar-refractivity contribution in [2.24, 2.45) is 0 Å². The minimum atomic E-state index is -1.13. The van der Waals surface area contributed by atoms with Gasteiger partial charge in [-0.15, -0.1) is 70.7 Å². The summed E-state index contributed by atoms with van der Waals surface area (Å²) in [5.41, 5.74) is 5.53. The molecule has 0 heterocycles. The van der Waals surface area contributed by atoms with Crippen LogP contribution in [0, 0.1) is 0 Å². The number of carbonyl (C=O) groups is 6. The van der Waals surface area contributed by atoms with Gasteiger partial charge in [0.1, 0.15) is 0 Å². The van der Waals surface area contributed by atoms with Gasteiger partial charge >= 0.3 is 37.1 Å². The van der Waals surface area contributed by atoms with Crippen molar-refractivity contribution in [3.63, 3.8) is 0 Å². The number of carboxylic acid groups (broad SMARTS) is 4. The molecule has 0 saturated carbocycles. The van der Waals surface area contributed by atoms with Gasteiger partial charge in [-0.05, 0) is 114 Å². The molecule has 0 unspecified atom stereocenters. The summed E-state index contributed by atoms with van der Waals surface area (Å²) in [4.78, 5) is 60.3. The molecule has 0 bridgehead atoms. The SMILES string of the molecule is CC(=O)/C=C(/C)[O-].CC(=O)/C=C(/C)[O-].CC(C)(C)c1cc([O-])c([O-])c(C(C)(C)C)c1.CC(C)(C)c1cc([O-])c([O-])c(C(C)(C)C)c1.CC(C)(C)c1cc([O-])c([O-])c(C(C)(C)C)c1.CC(C)(C)c1cc([O-])c([O-])c(C(C)(C)C)c1.CC[O-].CC[O-].O=C([O-])c1ccccc1.O=C([O-])c1ccccc1.O=C([O-])c1ccccc1.O=C([O-])c1ccccc1.[O-2].[O-2].[V+4].[V+4].[V].[V].[V].[V]. The van der Waals surface area contributed by atoms with Gasteiger partial charge in [-0.3, -0.25) is 9.59 Å². The molecule has 0 aromatic heterocycles. The molecule has 702 valence electrons. The summed E-state index contributed by atoms with van der Waals surface area (Å²) in [6, 6.07) is 45.6. The molecule has 0 aliphatic rings. The smallest absolute Gasteiger partial charge is 2.00 e. The molecule has 0 amide bonds. The van der Waals surface area contributed by atoms with Crippen LogP contribution in [0.3, 0.4) is 0 Å². The molecular weight excluding hydrogens is 1870 g/mol. The molecule has 0 aliphatic heterocycles. The second-order valence-electron chi connectivity index (χ2n) is 35.3. The fourth-order valence-corrected chi connectivity index (χ4v) is 9.24. The number of hydrogen-bond donors (Lipinski definition) is 0. The largest absolute Gasteiger partial charge is 4.00 e. The Balaban J connectivity index is -0.000000117. The van der Waals surface area contributed by atoms with Gasteiger partial charge in [0.25, 0.3) is 0 Å². The van der Waals surface area contributed by atoms with Crippen LogP contribution < -0.4 is 81.7 Å². The number of hydrogen-bond acceptors (Lipinski definition) is 22. The van der Waals surface area contributed by atoms with E-state index in [1.54, 1.807) is 86.6 Å². The third kappa shape index (κ3) is 62.9. The third-order valence-electron chi connectivity index (χ3n) is 15.8. The molecule has 0 aliphatic carbocycles. The summed E-state index contributed by atoms with van der Waals surface area (Å²) >= 11 is 0. The molecule has 8 aromatic carbocycles. The molecule has 0 N–H and O–H groups in total. The van der Waals surface area contributed by atoms with Gasteiger partial charge < -0.3 is 112 Å². The van der Waals surface area contributed by atoms with E-state index >= 15 is 0 Å². The zero-order valence-electron chi connectivity index (χ0n) is 79.2. The van der Waals surface area contributed by atoms with Gasteiger partial charge in [0.2, 0.25) is 0 Å². The molecule has 0 fully saturated rings. The minimum absolute atomic E-state index is 0. The summed E-state index contributed by atoms with van der Waals surface area (Å²) in [5.74, 6) is -8.27. The first-order chi connectivity index (χ1) is 54.4. The van der Waals surface area contributed by atoms with Crippen molar-refractivity contribution in [1.82, 2.24) is 0 Å². The van der Waals surface area contributed by atoms with Crippen molar-refractivity contribution in [1.29, 1.82) is 0 Å². The molecule has 0 atom stereocenters. The fraction of sp³-hybridized carbons (Fsp3) is 0.408. The number of aromatic carboxylic acids is 4. The maximum atomic E-state index is 11.8. The van der Waals surface area contributed by atoms with Crippen molar-refractivity contribution in [2.75, 3.05) is 13.2 Å². The molecule has 128 heavy (non-hydrogen) atoms. The second kappa shape index (κ2) is 67.9. The van der Waals surface area contributed by atoms with Crippen LogP contribution in [-0.2, 0) is 175 Å². The van der Waals surface area contributed by atoms with E-state index in [4.69, 9.17) is 10.2 Å². The molecule has 24 nitrogen and oxygen atoms in total. The van der Waals surface area contributed by atoms with E-state index in [0.29, 0.717) is 22.3 Å². The van der Waals surface area contributed by atoms with Crippen molar-refractivity contribution in [3.8, 4) is 46.0 Å². The number of allylic oxidation sites excluding steroid dienone is 4. The van der Waals surface area contributed by atoms with Crippen LogP contribution >= 0.6 is 0 Å². The van der Waals surface area contributed by atoms with E-state index < -0.39 is 46.9 Å². The number of ketones is 2. The van der Waals surface area contributed by atoms with Crippen LogP contribution in [0.2, 0.25) is 0 Å². The monoisotopic (exact) mass is 1990 g/mol. The molecule has 30 heteroatoms. The van der Waals surface area contributed by atoms with Crippen LogP contribution in [0.4, 0.5) is 0 Å². The van der Waals surface area contributed by atoms with Crippen molar-refractivity contribution >= 4 is 35.4 Å². The van der Waals surface area contributed by atoms with E-state index in [1.165, 1.54) is 100 Å². The predicted octanol–water partition coefficient (Wildman–Crippen LogP) is 8.08. The summed E-state index contributed by atoms with van der Waals surface area (Å²) in [6.45, 7) is 56.5. The van der Waals surface area contributed by atoms with Crippen LogP contribution in [0.15, 0.2) is 194 Å². The Bertz CT molecular complexity index is 3970. The van der Waals surface area contributed by atoms with E-state index in [-0.39, 0.29) is 247 Å². The Labute approximate surface area is 831 Å². The first kappa shape index (κ1) is 146. The van der Waals surface area contributed by atoms with Gasteiger partial charge in [-0.1, -0.05) is 386 Å². The fourth-order valence-electron chi connectivity index (χ4n) is 9.24. The Morgan fingerprint density at radius 1 is 0.258 bits per heavy atom. The summed E-state index contributed by atoms with van der Waals surface area (Å²) in [7, 11) is 0. The van der Waals surface area contributed by atoms with Gasteiger partial charge in [-0.25, -0.2) is 0 Å². The minimum Gasteiger partial charge on any atom is -2.00 e. The first-order valence-corrected chi connectivity index (χ1v) is 38.5. The maximum absolute atomic E-state index is 11.8. The van der Waals surface area contributed by atoms with Gasteiger partial charge in [0.05, 0.1) is 23.9 Å². The molecular formula is C98H124O24V6-12. The number of carbonyl (C=O) groups excluding carboxylic acids is 6. The van der Waals surface area contributed by atoms with Crippen LogP contribution in [0.25, 0.3) is 0 Å². The van der Waals surface area contributed by atoms with Crippen molar-refractivity contribution < 1.29 is 233 Å². The summed E-state index contributed by atoms with van der Waals surface area (Å²) < 4.78 is 0. The van der Waals surface area contributed by atoms with Crippen molar-refractivity contribution in [2.45, 2.75) is 251 Å². The van der Waals surface area contributed by atoms with E-state index in [9.17, 15) is 100 Å². The van der Waals surface area contributed by atoms with Crippen LogP contribution in [0.1, 0.15) is 294 Å². The standard InChI is InChI=1S/4C14H22O2.4C7H6O2.2C5H8O2.2C2H5O.2O.6V/c4*1-13(2,3)9-7-10(14(4,5)6)12(16)11(15)8-9;4*8-7(9)6-4-2-1-3-5-6;2*1-4(6)3-5(2)7;2*1-2-3;;;;;;;;/h4*7-8,15-16H,1-6H3;4*1-5H,(H,8,9);2*3,6H,1-2H3;2*2H2,1H3;;;;;;;;/q;;;;;;;;;;2*-1;2*-2;;;;;2*+4/p-14/b;;;;;;;;2*4-3-;;;;;;;;;;. The number of rotatable bonds is 6. The van der Waals surface area contributed by atoms with Crippen LogP contribution in [-0.4, -0.2) is 48.7 Å². The summed E-state index contributed by atoms with van der Waals surface area (Å²) in [5, 5.41) is 172. The van der Waals surface area contributed by atoms with Crippen molar-refractivity contribution in [3.05, 3.63) is 260 Å². The van der Waals surface area contributed by atoms with E-state index in [1.807, 2.05) is 190 Å². The van der Waals surface area contributed by atoms with Gasteiger partial charge in [-0.2, -0.15) is 0 Å². The van der Waals surface area contributed by atoms with Crippen LogP contribution in [0.5, 0.6) is 46.0 Å². The molecule has 8 aromatic rings. The Kier molecular flexibility index (Phi) is 77.2. The third-order valence-corrected chi connectivity index (χ3v) is 15.8. The second-order valence-corrected chi connectivity index (χ2v) is 35.3. The number of carboxylic acids is 4. The van der Waals surface area contributed by atoms with E-state index in [0.717, 1.165) is 34.4 Å². The number of benzene rings is 8. The quantitative estimate of drug-likeness (QED) is 0.112. The molecule has 0 spiro atoms. The van der Waals surface area contributed by atoms with E-state index in [2.05, 4.69) is 0 Å². The topological polar surface area (TPSA) is 528 Å². The summed E-state index contributed by atoms with van der Waals surface area (Å²) in [6.07, 6.45) is 2.11.